The maximum atomic E-state index is 8.58. The lowest BCUT2D eigenvalue weighted by molar-refractivity contribution is 0.278. The lowest BCUT2D eigenvalue weighted by Crippen LogP contribution is -2.27. The highest BCUT2D eigenvalue weighted by atomic mass is 15.1. The molecule has 1 N–H and O–H groups in total. The Morgan fingerprint density at radius 3 is 2.84 bits per heavy atom. The van der Waals surface area contributed by atoms with E-state index in [-0.39, 0.29) is 12.0 Å². The molecule has 0 atom stereocenters. The molecule has 1 aliphatic rings. The summed E-state index contributed by atoms with van der Waals surface area (Å²) in [6.07, 6.45) is -8.49. The summed E-state index contributed by atoms with van der Waals surface area (Å²) >= 11 is 0. The number of nitrogens with zero attached hydrogens (tertiary/aromatic N) is 1. The summed E-state index contributed by atoms with van der Waals surface area (Å²) in [7, 11) is 0. The minimum atomic E-state index is -4.05. The summed E-state index contributed by atoms with van der Waals surface area (Å²) in [5.41, 5.74) is 1.85. The van der Waals surface area contributed by atoms with Gasteiger partial charge in [0.2, 0.25) is 0 Å². The van der Waals surface area contributed by atoms with Gasteiger partial charge in [-0.3, -0.25) is 0 Å². The molecule has 0 fully saturated rings. The van der Waals surface area contributed by atoms with E-state index in [1.807, 2.05) is 0 Å². The van der Waals surface area contributed by atoms with Crippen LogP contribution in [0.15, 0.2) is 30.5 Å². The number of hydrogen-bond donors (Lipinski definition) is 1. The topological polar surface area (TPSA) is 15.3 Å². The van der Waals surface area contributed by atoms with E-state index in [1.54, 1.807) is 6.07 Å². The van der Waals surface area contributed by atoms with Gasteiger partial charge in [0, 0.05) is 46.2 Å². The second-order valence-electron chi connectivity index (χ2n) is 3.99. The van der Waals surface area contributed by atoms with Crippen LogP contribution < -0.4 is 5.32 Å². The van der Waals surface area contributed by atoms with Crippen molar-refractivity contribution in [1.82, 2.24) is 4.90 Å². The van der Waals surface area contributed by atoms with Gasteiger partial charge < -0.3 is 10.2 Å². The Labute approximate surface area is 140 Å². The minimum absolute atomic E-state index is 0.208. The van der Waals surface area contributed by atoms with Crippen molar-refractivity contribution in [1.29, 1.82) is 0 Å². The third kappa shape index (κ3) is 3.60. The molecule has 0 bridgehead atoms. The van der Waals surface area contributed by atoms with Crippen molar-refractivity contribution in [2.24, 2.45) is 0 Å². The number of hydrogen-bond acceptors (Lipinski definition) is 2. The van der Waals surface area contributed by atoms with E-state index in [9.17, 15) is 0 Å². The number of rotatable bonds is 7. The summed E-state index contributed by atoms with van der Waals surface area (Å²) in [6, 6.07) is 4.62. The van der Waals surface area contributed by atoms with E-state index in [2.05, 4.69) is 11.9 Å². The van der Waals surface area contributed by atoms with Crippen molar-refractivity contribution < 1.29 is 21.9 Å². The normalized spacial score (nSPS) is 31.3. The zero-order chi connectivity index (χ0) is 27.6. The van der Waals surface area contributed by atoms with Gasteiger partial charge in [0.25, 0.3) is 0 Å². The van der Waals surface area contributed by atoms with Crippen LogP contribution in [0.2, 0.25) is 0 Å². The predicted molar refractivity (Wildman–Crippen MR) is 83.6 cm³/mol. The lowest BCUT2D eigenvalue weighted by atomic mass is 10.0. The van der Waals surface area contributed by atoms with Crippen molar-refractivity contribution in [2.45, 2.75) is 39.3 Å². The van der Waals surface area contributed by atoms with E-state index < -0.39 is 57.3 Å². The average Bonchev–Trinajstić information content (AvgIpc) is 2.99. The number of benzene rings is 1. The van der Waals surface area contributed by atoms with Gasteiger partial charge in [-0.25, -0.2) is 0 Å². The molecule has 0 aromatic heterocycles. The quantitative estimate of drug-likeness (QED) is 0.813. The maximum Gasteiger partial charge on any atom is 0.0434 e. The van der Waals surface area contributed by atoms with Gasteiger partial charge >= 0.3 is 0 Å². The zero-order valence-corrected chi connectivity index (χ0v) is 10.3. The van der Waals surface area contributed by atoms with Crippen LogP contribution in [0.3, 0.4) is 0 Å². The van der Waals surface area contributed by atoms with Crippen molar-refractivity contribution >= 4 is 5.69 Å². The highest BCUT2D eigenvalue weighted by Gasteiger charge is 2.16. The Balaban J connectivity index is 2.78. The number of anilines is 1. The van der Waals surface area contributed by atoms with Crippen LogP contribution in [0, 0.1) is 0 Å². The number of aryl methyl sites for hydroxylation is 1. The average molecular weight is 275 g/mol. The molecular formula is C17H26N2. The van der Waals surface area contributed by atoms with Gasteiger partial charge in [0.15, 0.2) is 0 Å². The first-order valence-electron chi connectivity index (χ1n) is 13.7. The first-order valence-corrected chi connectivity index (χ1v) is 5.68. The van der Waals surface area contributed by atoms with Crippen molar-refractivity contribution in [3.8, 4) is 0 Å². The summed E-state index contributed by atoms with van der Waals surface area (Å²) in [4.78, 5) is -0.553. The SMILES string of the molecule is [2H]C([2H])(Cc1cccc2c1CC(=C)N2)N(C([2H])([2H])C([2H])([2H])C([2H])([2H])[2H])C([2H])([2H])C([2H])([2H])C([2H])([2H])[2H]. The van der Waals surface area contributed by atoms with Crippen molar-refractivity contribution in [3.05, 3.63) is 41.6 Å². The number of fused-ring (bicyclic) bond motifs is 1. The summed E-state index contributed by atoms with van der Waals surface area (Å²) in [6.45, 7) is -15.1. The van der Waals surface area contributed by atoms with Crippen LogP contribution >= 0.6 is 0 Å². The monoisotopic (exact) mass is 274 g/mol. The van der Waals surface area contributed by atoms with E-state index in [0.717, 1.165) is 0 Å². The third-order valence-electron chi connectivity index (χ3n) is 2.74. The summed E-state index contributed by atoms with van der Waals surface area (Å²) in [5.74, 6) is 0. The van der Waals surface area contributed by atoms with E-state index in [1.165, 1.54) is 12.1 Å². The number of allylic oxidation sites excluding steroid dienone is 1. The Kier molecular flexibility index (Phi) is 1.46. The molecule has 1 aromatic rings. The van der Waals surface area contributed by atoms with Crippen LogP contribution in [0.5, 0.6) is 0 Å². The van der Waals surface area contributed by atoms with Gasteiger partial charge in [0.1, 0.15) is 0 Å². The fraction of sp³-hybridized carbons (Fsp3) is 0.529. The first kappa shape index (κ1) is 4.11. The van der Waals surface area contributed by atoms with Gasteiger partial charge in [-0.1, -0.05) is 32.4 Å². The Morgan fingerprint density at radius 1 is 1.32 bits per heavy atom. The number of nitrogens with one attached hydrogen (secondary N) is 1. The predicted octanol–water partition coefficient (Wildman–Crippen LogP) is 3.83. The fourth-order valence-electron chi connectivity index (χ4n) is 1.96. The van der Waals surface area contributed by atoms with E-state index >= 15 is 0 Å². The zero-order valence-electron chi connectivity index (χ0n) is 26.3. The molecule has 1 aliphatic heterocycles. The molecule has 0 aliphatic carbocycles. The molecule has 0 spiro atoms. The fourth-order valence-corrected chi connectivity index (χ4v) is 1.96. The maximum absolute atomic E-state index is 8.58. The molecule has 0 saturated heterocycles. The largest absolute Gasteiger partial charge is 0.359 e. The van der Waals surface area contributed by atoms with Crippen LogP contribution in [-0.4, -0.2) is 24.4 Å². The van der Waals surface area contributed by atoms with Gasteiger partial charge in [-0.15, -0.1) is 0 Å². The van der Waals surface area contributed by atoms with Gasteiger partial charge in [0.05, 0.1) is 0 Å². The Hall–Kier alpha value is -1.28. The first-order chi connectivity index (χ1) is 15.3. The van der Waals surface area contributed by atoms with Crippen molar-refractivity contribution in [3.63, 3.8) is 0 Å². The van der Waals surface area contributed by atoms with Crippen LogP contribution in [0.25, 0.3) is 0 Å². The highest BCUT2D eigenvalue weighted by Crippen LogP contribution is 2.30. The van der Waals surface area contributed by atoms with Crippen LogP contribution in [-0.2, 0) is 12.8 Å². The van der Waals surface area contributed by atoms with Gasteiger partial charge in [-0.05, 0) is 49.4 Å². The summed E-state index contributed by atoms with van der Waals surface area (Å²) < 4.78 is 127. The minimum Gasteiger partial charge on any atom is -0.359 e. The van der Waals surface area contributed by atoms with Gasteiger partial charge in [-0.2, -0.15) is 0 Å². The molecule has 0 saturated carbocycles. The Bertz CT molecular complexity index is 937. The third-order valence-corrected chi connectivity index (χ3v) is 2.74. The second-order valence-corrected chi connectivity index (χ2v) is 3.99. The Morgan fingerprint density at radius 2 is 2.11 bits per heavy atom. The van der Waals surface area contributed by atoms with Crippen LogP contribution in [0.4, 0.5) is 5.69 Å². The smallest absolute Gasteiger partial charge is 0.0434 e. The van der Waals surface area contributed by atoms with Crippen molar-refractivity contribution in [2.75, 3.05) is 24.8 Å². The molecule has 19 heavy (non-hydrogen) atoms. The second kappa shape index (κ2) is 6.76. The highest BCUT2D eigenvalue weighted by molar-refractivity contribution is 5.64. The van der Waals surface area contributed by atoms with Crippen LogP contribution in [0.1, 0.15) is 59.5 Å². The molecule has 0 unspecified atom stereocenters. The molecule has 104 valence electrons. The molecular weight excluding hydrogens is 232 g/mol. The molecule has 2 heteroatoms. The molecule has 2 nitrogen and oxygen atoms in total. The molecule has 0 radical (unpaired) electrons. The molecule has 1 heterocycles. The lowest BCUT2D eigenvalue weighted by Gasteiger charge is -2.21. The molecule has 1 aromatic carbocycles. The molecule has 2 rings (SSSR count). The molecule has 0 amide bonds. The summed E-state index contributed by atoms with van der Waals surface area (Å²) in [5, 5.41) is 2.95. The van der Waals surface area contributed by atoms with E-state index in [0.29, 0.717) is 16.9 Å². The standard InChI is InChI=1S/C17H26N2/c1-4-10-19(11-5-2)12-9-15-7-6-8-17-16(15)13-14(3)18-17/h6-8,18H,3-5,9-13H2,1-2H3/i1D3,2D3,4D2,5D2,10D2,11D2,12D2. The van der Waals surface area contributed by atoms with E-state index in [4.69, 9.17) is 21.9 Å².